The van der Waals surface area contributed by atoms with Crippen molar-refractivity contribution in [3.05, 3.63) is 32.6 Å². The Morgan fingerprint density at radius 2 is 2.22 bits per heavy atom. The Bertz CT molecular complexity index is 763. The molecule has 1 saturated heterocycles. The Morgan fingerprint density at radius 3 is 2.74 bits per heavy atom. The summed E-state index contributed by atoms with van der Waals surface area (Å²) in [4.78, 5) is 25.2. The third-order valence-electron chi connectivity index (χ3n) is 3.61. The van der Waals surface area contributed by atoms with E-state index in [-0.39, 0.29) is 5.69 Å². The van der Waals surface area contributed by atoms with E-state index in [1.54, 1.807) is 0 Å². The van der Waals surface area contributed by atoms with Crippen LogP contribution in [0.3, 0.4) is 0 Å². The minimum absolute atomic E-state index is 0.0614. The van der Waals surface area contributed by atoms with Gasteiger partial charge >= 0.3 is 5.69 Å². The van der Waals surface area contributed by atoms with Crippen LogP contribution in [-0.4, -0.2) is 50.4 Å². The zero-order chi connectivity index (χ0) is 17.4. The van der Waals surface area contributed by atoms with Crippen LogP contribution in [0.2, 0.25) is 0 Å². The summed E-state index contributed by atoms with van der Waals surface area (Å²) in [6.45, 7) is 1.47. The van der Waals surface area contributed by atoms with Crippen LogP contribution in [-0.2, 0) is 4.74 Å². The molecular formula is C14H16F2N2O5. The third-order valence-corrected chi connectivity index (χ3v) is 3.61. The summed E-state index contributed by atoms with van der Waals surface area (Å²) in [5.41, 5.74) is -4.43. The summed E-state index contributed by atoms with van der Waals surface area (Å²) in [6, 6.07) is 1.04. The van der Waals surface area contributed by atoms with Crippen LogP contribution in [0.4, 0.5) is 8.78 Å². The van der Waals surface area contributed by atoms with Gasteiger partial charge < -0.3 is 14.9 Å². The van der Waals surface area contributed by atoms with E-state index in [0.717, 1.165) is 10.6 Å². The second-order valence-corrected chi connectivity index (χ2v) is 5.29. The molecule has 0 aliphatic carbocycles. The van der Waals surface area contributed by atoms with Gasteiger partial charge in [-0.25, -0.2) is 13.6 Å². The third kappa shape index (κ3) is 2.93. The molecule has 3 N–H and O–H groups in total. The van der Waals surface area contributed by atoms with Gasteiger partial charge in [-0.05, 0) is 13.8 Å². The van der Waals surface area contributed by atoms with Crippen molar-refractivity contribution in [3.63, 3.8) is 0 Å². The highest BCUT2D eigenvalue weighted by Gasteiger charge is 2.59. The van der Waals surface area contributed by atoms with Crippen LogP contribution in [0, 0.1) is 18.8 Å². The van der Waals surface area contributed by atoms with Gasteiger partial charge in [-0.15, -0.1) is 0 Å². The monoisotopic (exact) mass is 330 g/mol. The molecule has 0 amide bonds. The van der Waals surface area contributed by atoms with Crippen LogP contribution in [0.5, 0.6) is 0 Å². The lowest BCUT2D eigenvalue weighted by Gasteiger charge is -2.25. The summed E-state index contributed by atoms with van der Waals surface area (Å²) in [6.07, 6.45) is -6.31. The molecule has 2 heterocycles. The minimum Gasteiger partial charge on any atom is -0.391 e. The van der Waals surface area contributed by atoms with Gasteiger partial charge in [-0.2, -0.15) is 0 Å². The number of alkyl halides is 2. The van der Waals surface area contributed by atoms with Crippen molar-refractivity contribution in [3.8, 4) is 11.8 Å². The van der Waals surface area contributed by atoms with Crippen LogP contribution in [0.15, 0.2) is 15.7 Å². The van der Waals surface area contributed by atoms with Crippen molar-refractivity contribution in [2.24, 2.45) is 0 Å². The largest absolute Gasteiger partial charge is 0.391 e. The number of aromatic amines is 1. The van der Waals surface area contributed by atoms with E-state index in [1.807, 2.05) is 16.8 Å². The van der Waals surface area contributed by atoms with Crippen LogP contribution < -0.4 is 11.2 Å². The van der Waals surface area contributed by atoms with Crippen molar-refractivity contribution in [1.29, 1.82) is 0 Å². The quantitative estimate of drug-likeness (QED) is 0.614. The van der Waals surface area contributed by atoms with Gasteiger partial charge in [0.15, 0.2) is 6.23 Å². The summed E-state index contributed by atoms with van der Waals surface area (Å²) < 4.78 is 33.6. The molecule has 0 bridgehead atoms. The normalized spacial score (nSPS) is 31.5. The van der Waals surface area contributed by atoms with E-state index >= 15 is 4.39 Å². The summed E-state index contributed by atoms with van der Waals surface area (Å²) >= 11 is 0. The number of nitrogens with zero attached hydrogens (tertiary/aromatic N) is 1. The van der Waals surface area contributed by atoms with Gasteiger partial charge in [-0.3, -0.25) is 14.3 Å². The molecule has 2 unspecified atom stereocenters. The summed E-state index contributed by atoms with van der Waals surface area (Å²) in [5, 5.41) is 19.7. The van der Waals surface area contributed by atoms with E-state index < -0.39 is 48.1 Å². The number of aliphatic hydroxyl groups is 2. The lowest BCUT2D eigenvalue weighted by molar-refractivity contribution is -0.0809. The Labute approximate surface area is 129 Å². The molecule has 1 aliphatic heterocycles. The molecule has 126 valence electrons. The molecule has 1 fully saturated rings. The van der Waals surface area contributed by atoms with Crippen molar-refractivity contribution in [1.82, 2.24) is 9.55 Å². The van der Waals surface area contributed by atoms with Crippen LogP contribution in [0.25, 0.3) is 0 Å². The lowest BCUT2D eigenvalue weighted by atomic mass is 9.94. The van der Waals surface area contributed by atoms with E-state index in [1.165, 1.54) is 13.8 Å². The molecule has 2 rings (SSSR count). The predicted molar refractivity (Wildman–Crippen MR) is 75.2 cm³/mol. The number of aliphatic hydroxyl groups excluding tert-OH is 2. The highest BCUT2D eigenvalue weighted by Crippen LogP contribution is 2.42. The number of aromatic nitrogens is 2. The van der Waals surface area contributed by atoms with Crippen molar-refractivity contribution in [2.45, 2.75) is 44.1 Å². The topological polar surface area (TPSA) is 105 Å². The first kappa shape index (κ1) is 17.3. The zero-order valence-corrected chi connectivity index (χ0v) is 12.4. The van der Waals surface area contributed by atoms with Gasteiger partial charge in [0.1, 0.15) is 18.9 Å². The molecular weight excluding hydrogens is 314 g/mol. The summed E-state index contributed by atoms with van der Waals surface area (Å²) in [5.74, 6) is 3.80. The van der Waals surface area contributed by atoms with E-state index in [4.69, 9.17) is 4.74 Å². The fourth-order valence-corrected chi connectivity index (χ4v) is 2.55. The maximum Gasteiger partial charge on any atom is 0.330 e. The molecule has 1 aromatic heterocycles. The Hall–Kier alpha value is -2.02. The molecule has 5 atom stereocenters. The fraction of sp³-hybridized carbons (Fsp3) is 0.571. The van der Waals surface area contributed by atoms with Gasteiger partial charge in [-0.1, -0.05) is 11.8 Å². The van der Waals surface area contributed by atoms with Gasteiger partial charge in [0.25, 0.3) is 5.56 Å². The Balaban J connectivity index is 2.63. The first-order valence-corrected chi connectivity index (χ1v) is 6.81. The average molecular weight is 330 g/mol. The maximum absolute atomic E-state index is 15.2. The number of nitrogens with one attached hydrogen (secondary N) is 1. The fourth-order valence-electron chi connectivity index (χ4n) is 2.55. The number of hydrogen-bond donors (Lipinski definition) is 3. The Kier molecular flexibility index (Phi) is 4.70. The average Bonchev–Trinajstić information content (AvgIpc) is 2.70. The number of H-pyrrole nitrogens is 1. The molecule has 0 radical (unpaired) electrons. The molecule has 1 aromatic rings. The van der Waals surface area contributed by atoms with Gasteiger partial charge in [0, 0.05) is 11.8 Å². The van der Waals surface area contributed by atoms with E-state index in [2.05, 4.69) is 0 Å². The second-order valence-electron chi connectivity index (χ2n) is 5.29. The summed E-state index contributed by atoms with van der Waals surface area (Å²) in [7, 11) is 0. The number of rotatable bonds is 2. The predicted octanol–water partition coefficient (Wildman–Crippen LogP) is -0.835. The van der Waals surface area contributed by atoms with Crippen LogP contribution in [0.1, 0.15) is 18.8 Å². The smallest absolute Gasteiger partial charge is 0.330 e. The number of halogens is 2. The minimum atomic E-state index is -2.83. The molecule has 7 nitrogen and oxygen atoms in total. The molecule has 0 saturated carbocycles. The number of ether oxygens (including phenoxy) is 1. The van der Waals surface area contributed by atoms with Crippen LogP contribution >= 0.6 is 0 Å². The standard InChI is InChI=1S/C14H16F2N2O5/c1-7-6-9(20)17-13(22)18(7)12-14(16,4-3-5-15)11(21)10(23-12)8(2)19/h6,8,10-12,19,21H,5H2,1-2H3,(H,17,20,22)/t8-,10?,11?,12+,14+/m0/s1. The molecule has 23 heavy (non-hydrogen) atoms. The Morgan fingerprint density at radius 1 is 1.57 bits per heavy atom. The highest BCUT2D eigenvalue weighted by atomic mass is 19.1. The van der Waals surface area contributed by atoms with E-state index in [0.29, 0.717) is 0 Å². The molecule has 9 heteroatoms. The zero-order valence-electron chi connectivity index (χ0n) is 12.4. The highest BCUT2D eigenvalue weighted by molar-refractivity contribution is 5.24. The lowest BCUT2D eigenvalue weighted by Crippen LogP contribution is -2.46. The maximum atomic E-state index is 15.2. The van der Waals surface area contributed by atoms with Gasteiger partial charge in [0.05, 0.1) is 6.10 Å². The molecule has 0 aromatic carbocycles. The van der Waals surface area contributed by atoms with Gasteiger partial charge in [0.2, 0.25) is 5.67 Å². The van der Waals surface area contributed by atoms with E-state index in [9.17, 15) is 24.2 Å². The first-order valence-electron chi connectivity index (χ1n) is 6.81. The molecule has 1 aliphatic rings. The number of hydrogen-bond acceptors (Lipinski definition) is 5. The van der Waals surface area contributed by atoms with Crippen molar-refractivity contribution in [2.75, 3.05) is 6.67 Å². The second kappa shape index (κ2) is 6.23. The number of aryl methyl sites for hydroxylation is 1. The van der Waals surface area contributed by atoms with Crippen molar-refractivity contribution >= 4 is 0 Å². The SMILES string of the molecule is Cc1cc(=O)[nH]c(=O)n1[C@@H]1OC([C@H](C)O)C(O)[C@]1(F)C#CCF. The molecule has 0 spiro atoms. The first-order chi connectivity index (χ1) is 10.7. The van der Waals surface area contributed by atoms with Crippen molar-refractivity contribution < 1.29 is 23.7 Å².